The number of nitrogens with zero attached hydrogens (tertiary/aromatic N) is 1. The first-order valence-electron chi connectivity index (χ1n) is 7.18. The van der Waals surface area contributed by atoms with Crippen molar-refractivity contribution in [2.45, 2.75) is 36.5 Å². The summed E-state index contributed by atoms with van der Waals surface area (Å²) in [5, 5.41) is 4.21. The van der Waals surface area contributed by atoms with E-state index in [-0.39, 0.29) is 0 Å². The number of hydrogen-bond donors (Lipinski definition) is 1. The third-order valence-electron chi connectivity index (χ3n) is 3.88. The molecule has 0 spiro atoms. The Labute approximate surface area is 125 Å². The summed E-state index contributed by atoms with van der Waals surface area (Å²) in [5.41, 5.74) is 4.13. The van der Waals surface area contributed by atoms with Crippen LogP contribution in [0.3, 0.4) is 0 Å². The number of hydrogen-bond acceptors (Lipinski definition) is 3. The molecule has 20 heavy (non-hydrogen) atoms. The maximum atomic E-state index is 4.32. The van der Waals surface area contributed by atoms with E-state index in [1.165, 1.54) is 21.6 Å². The van der Waals surface area contributed by atoms with Gasteiger partial charge in [-0.15, -0.1) is 11.8 Å². The Bertz CT molecular complexity index is 572. The van der Waals surface area contributed by atoms with Crippen molar-refractivity contribution in [1.82, 2.24) is 10.3 Å². The van der Waals surface area contributed by atoms with Crippen LogP contribution in [0.25, 0.3) is 0 Å². The first kappa shape index (κ1) is 13.7. The van der Waals surface area contributed by atoms with Gasteiger partial charge in [-0.2, -0.15) is 0 Å². The van der Waals surface area contributed by atoms with Crippen LogP contribution in [0.15, 0.2) is 47.6 Å². The minimum Gasteiger partial charge on any atom is -0.309 e. The summed E-state index contributed by atoms with van der Waals surface area (Å²) >= 11 is 2.00. The second-order valence-electron chi connectivity index (χ2n) is 5.24. The van der Waals surface area contributed by atoms with Crippen molar-refractivity contribution >= 4 is 11.8 Å². The molecule has 0 fully saturated rings. The van der Waals surface area contributed by atoms with E-state index in [2.05, 4.69) is 54.5 Å². The van der Waals surface area contributed by atoms with Crippen molar-refractivity contribution in [2.75, 3.05) is 6.54 Å². The van der Waals surface area contributed by atoms with Crippen LogP contribution >= 0.6 is 11.8 Å². The molecule has 0 amide bonds. The molecule has 3 rings (SSSR count). The molecule has 1 N–H and O–H groups in total. The monoisotopic (exact) mass is 284 g/mol. The van der Waals surface area contributed by atoms with Gasteiger partial charge >= 0.3 is 0 Å². The number of rotatable bonds is 4. The quantitative estimate of drug-likeness (QED) is 0.925. The minimum atomic E-state index is 0.367. The Morgan fingerprint density at radius 1 is 1.35 bits per heavy atom. The summed E-state index contributed by atoms with van der Waals surface area (Å²) < 4.78 is 0. The van der Waals surface area contributed by atoms with Gasteiger partial charge in [0.05, 0.1) is 0 Å². The van der Waals surface area contributed by atoms with E-state index in [1.54, 1.807) is 0 Å². The summed E-state index contributed by atoms with van der Waals surface area (Å²) in [5.74, 6) is 0. The molecule has 1 aromatic heterocycles. The molecule has 2 heterocycles. The summed E-state index contributed by atoms with van der Waals surface area (Å²) in [7, 11) is 0. The maximum absolute atomic E-state index is 4.32. The molecule has 0 saturated carbocycles. The summed E-state index contributed by atoms with van der Waals surface area (Å²) in [6.07, 6.45) is 5.03. The van der Waals surface area contributed by atoms with Crippen molar-refractivity contribution in [3.05, 3.63) is 59.4 Å². The second-order valence-corrected chi connectivity index (χ2v) is 6.52. The zero-order valence-electron chi connectivity index (χ0n) is 12.0. The Balaban J connectivity index is 1.88. The van der Waals surface area contributed by atoms with E-state index in [1.807, 2.05) is 24.2 Å². The Kier molecular flexibility index (Phi) is 4.08. The Hall–Kier alpha value is -1.32. The molecule has 104 valence electrons. The summed E-state index contributed by atoms with van der Waals surface area (Å²) in [6.45, 7) is 5.33. The van der Waals surface area contributed by atoms with E-state index in [4.69, 9.17) is 0 Å². The summed E-state index contributed by atoms with van der Waals surface area (Å²) in [4.78, 5) is 5.75. The van der Waals surface area contributed by atoms with Crippen LogP contribution in [0.2, 0.25) is 0 Å². The zero-order chi connectivity index (χ0) is 13.9. The third kappa shape index (κ3) is 2.60. The predicted octanol–water partition coefficient (Wildman–Crippen LogP) is 3.76. The molecule has 0 bridgehead atoms. The molecule has 3 heteroatoms. The lowest BCUT2D eigenvalue weighted by atomic mass is 9.97. The third-order valence-corrected chi connectivity index (χ3v) is 5.28. The number of nitrogens with one attached hydrogen (secondary N) is 1. The molecule has 1 aliphatic heterocycles. The maximum Gasteiger partial charge on any atom is 0.0465 e. The highest BCUT2D eigenvalue weighted by atomic mass is 32.2. The van der Waals surface area contributed by atoms with Crippen LogP contribution in [0, 0.1) is 6.92 Å². The standard InChI is InChI=1S/C17H20N2S/c1-3-19-17(14-11-18-9-8-12(14)2)16-10-13-6-4-5-7-15(13)20-16/h4-9,11,16-17,19H,3,10H2,1-2H3. The molecular weight excluding hydrogens is 264 g/mol. The fourth-order valence-electron chi connectivity index (χ4n) is 2.86. The fraction of sp³-hybridized carbons (Fsp3) is 0.353. The van der Waals surface area contributed by atoms with E-state index in [0.717, 1.165) is 13.0 Å². The molecule has 0 saturated heterocycles. The average Bonchev–Trinajstić information content (AvgIpc) is 2.89. The zero-order valence-corrected chi connectivity index (χ0v) is 12.8. The van der Waals surface area contributed by atoms with Crippen molar-refractivity contribution in [1.29, 1.82) is 0 Å². The molecule has 2 nitrogen and oxygen atoms in total. The molecule has 2 unspecified atom stereocenters. The minimum absolute atomic E-state index is 0.367. The van der Waals surface area contributed by atoms with E-state index < -0.39 is 0 Å². The number of pyridine rings is 1. The SMILES string of the molecule is CCNC(c1cnccc1C)C1Cc2ccccc2S1. The van der Waals surface area contributed by atoms with Gasteiger partial charge in [-0.1, -0.05) is 25.1 Å². The topological polar surface area (TPSA) is 24.9 Å². The van der Waals surface area contributed by atoms with Crippen LogP contribution in [0.1, 0.15) is 29.7 Å². The van der Waals surface area contributed by atoms with Crippen LogP contribution in [0.5, 0.6) is 0 Å². The van der Waals surface area contributed by atoms with Gasteiger partial charge in [-0.25, -0.2) is 0 Å². The predicted molar refractivity (Wildman–Crippen MR) is 85.2 cm³/mol. The molecule has 1 aromatic carbocycles. The van der Waals surface area contributed by atoms with Gasteiger partial charge in [0.2, 0.25) is 0 Å². The van der Waals surface area contributed by atoms with Gasteiger partial charge in [-0.05, 0) is 48.7 Å². The lowest BCUT2D eigenvalue weighted by molar-refractivity contribution is 0.528. The number of fused-ring (bicyclic) bond motifs is 1. The van der Waals surface area contributed by atoms with Gasteiger partial charge < -0.3 is 5.32 Å². The molecular formula is C17H20N2S. The lowest BCUT2D eigenvalue weighted by Gasteiger charge is -2.25. The molecule has 0 radical (unpaired) electrons. The first-order chi connectivity index (χ1) is 9.79. The molecule has 2 atom stereocenters. The van der Waals surface area contributed by atoms with Crippen molar-refractivity contribution in [2.24, 2.45) is 0 Å². The fourth-order valence-corrected chi connectivity index (χ4v) is 4.29. The molecule has 1 aliphatic rings. The van der Waals surface area contributed by atoms with Gasteiger partial charge in [0.1, 0.15) is 0 Å². The first-order valence-corrected chi connectivity index (χ1v) is 8.06. The largest absolute Gasteiger partial charge is 0.309 e. The van der Waals surface area contributed by atoms with Crippen molar-refractivity contribution in [3.63, 3.8) is 0 Å². The van der Waals surface area contributed by atoms with Gasteiger partial charge in [0.15, 0.2) is 0 Å². The Morgan fingerprint density at radius 2 is 2.20 bits per heavy atom. The van der Waals surface area contributed by atoms with Crippen molar-refractivity contribution in [3.8, 4) is 0 Å². The van der Waals surface area contributed by atoms with E-state index in [9.17, 15) is 0 Å². The molecule has 0 aliphatic carbocycles. The van der Waals surface area contributed by atoms with Gasteiger partial charge in [0.25, 0.3) is 0 Å². The van der Waals surface area contributed by atoms with E-state index >= 15 is 0 Å². The molecule has 2 aromatic rings. The highest BCUT2D eigenvalue weighted by Crippen LogP contribution is 2.42. The second kappa shape index (κ2) is 5.98. The number of aryl methyl sites for hydroxylation is 1. The number of thioether (sulfide) groups is 1. The average molecular weight is 284 g/mol. The van der Waals surface area contributed by atoms with Gasteiger partial charge in [0, 0.05) is 28.6 Å². The normalized spacial score (nSPS) is 18.8. The van der Waals surface area contributed by atoms with E-state index in [0.29, 0.717) is 11.3 Å². The Morgan fingerprint density at radius 3 is 2.95 bits per heavy atom. The van der Waals surface area contributed by atoms with Crippen LogP contribution in [-0.2, 0) is 6.42 Å². The van der Waals surface area contributed by atoms with Crippen LogP contribution in [0.4, 0.5) is 0 Å². The highest BCUT2D eigenvalue weighted by Gasteiger charge is 2.30. The number of aromatic nitrogens is 1. The van der Waals surface area contributed by atoms with Crippen LogP contribution in [-0.4, -0.2) is 16.8 Å². The van der Waals surface area contributed by atoms with Crippen molar-refractivity contribution < 1.29 is 0 Å². The highest BCUT2D eigenvalue weighted by molar-refractivity contribution is 8.00. The number of benzene rings is 1. The smallest absolute Gasteiger partial charge is 0.0465 e. The lowest BCUT2D eigenvalue weighted by Crippen LogP contribution is -2.30. The van der Waals surface area contributed by atoms with Crippen LogP contribution < -0.4 is 5.32 Å². The summed E-state index contributed by atoms with van der Waals surface area (Å²) in [6, 6.07) is 11.2. The van der Waals surface area contributed by atoms with Gasteiger partial charge in [-0.3, -0.25) is 4.98 Å².